The van der Waals surface area contributed by atoms with Gasteiger partial charge < -0.3 is 10.1 Å². The molecule has 0 saturated carbocycles. The Balaban J connectivity index is 0.00000176. The fourth-order valence-electron chi connectivity index (χ4n) is 2.93. The van der Waals surface area contributed by atoms with Crippen molar-refractivity contribution < 1.29 is 4.74 Å². The number of methoxy groups -OCH3 is 1. The summed E-state index contributed by atoms with van der Waals surface area (Å²) < 4.78 is 5.20. The lowest BCUT2D eigenvalue weighted by atomic mass is 10.1. The number of rotatable bonds is 5. The third-order valence-electron chi connectivity index (χ3n) is 3.98. The van der Waals surface area contributed by atoms with E-state index in [0.29, 0.717) is 0 Å². The topological polar surface area (TPSA) is 24.5 Å². The van der Waals surface area contributed by atoms with E-state index in [1.807, 2.05) is 12.1 Å². The van der Waals surface area contributed by atoms with E-state index in [1.54, 1.807) is 7.11 Å². The predicted octanol–water partition coefficient (Wildman–Crippen LogP) is 3.72. The first-order chi connectivity index (χ1) is 10.3. The van der Waals surface area contributed by atoms with Crippen LogP contribution >= 0.6 is 12.4 Å². The number of hydrogen-bond donors (Lipinski definition) is 1. The molecule has 1 N–H and O–H groups in total. The molecule has 1 aliphatic rings. The zero-order chi connectivity index (χ0) is 14.7. The number of para-hydroxylation sites is 1. The van der Waals surface area contributed by atoms with Gasteiger partial charge in [-0.15, -0.1) is 12.4 Å². The van der Waals surface area contributed by atoms with E-state index in [-0.39, 0.29) is 12.4 Å². The van der Waals surface area contributed by atoms with Crippen LogP contribution in [0.3, 0.4) is 0 Å². The maximum absolute atomic E-state index is 5.20. The van der Waals surface area contributed by atoms with Crippen LogP contribution in [-0.4, -0.2) is 25.6 Å². The van der Waals surface area contributed by atoms with Crippen LogP contribution in [0.2, 0.25) is 0 Å². The molecule has 0 radical (unpaired) electrons. The SMILES string of the molecule is COc1ccc(CN(C)Cc2cccc3c2NCC3)cc1.Cl. The molecule has 0 saturated heterocycles. The van der Waals surface area contributed by atoms with Gasteiger partial charge in [-0.05, 0) is 42.3 Å². The standard InChI is InChI=1S/C18H22N2O.ClH/c1-20(12-14-6-8-17(21-2)9-7-14)13-16-5-3-4-15-10-11-19-18(15)16;/h3-9,19H,10-13H2,1-2H3;1H. The van der Waals surface area contributed by atoms with Crippen LogP contribution < -0.4 is 10.1 Å². The number of fused-ring (bicyclic) bond motifs is 1. The molecule has 0 unspecified atom stereocenters. The zero-order valence-electron chi connectivity index (χ0n) is 13.1. The molecule has 0 spiro atoms. The van der Waals surface area contributed by atoms with Crippen LogP contribution in [-0.2, 0) is 19.5 Å². The molecule has 3 rings (SSSR count). The third-order valence-corrected chi connectivity index (χ3v) is 3.98. The number of nitrogens with zero attached hydrogens (tertiary/aromatic N) is 1. The van der Waals surface area contributed by atoms with E-state index in [1.165, 1.54) is 22.4 Å². The Morgan fingerprint density at radius 2 is 1.86 bits per heavy atom. The summed E-state index contributed by atoms with van der Waals surface area (Å²) in [6.45, 7) is 2.96. The average Bonchev–Trinajstić information content (AvgIpc) is 2.97. The molecule has 22 heavy (non-hydrogen) atoms. The molecule has 3 nitrogen and oxygen atoms in total. The first-order valence-electron chi connectivity index (χ1n) is 7.42. The van der Waals surface area contributed by atoms with Crippen molar-refractivity contribution >= 4 is 18.1 Å². The molecular weight excluding hydrogens is 296 g/mol. The molecule has 0 aliphatic carbocycles. The van der Waals surface area contributed by atoms with Gasteiger partial charge in [-0.2, -0.15) is 0 Å². The molecule has 2 aromatic carbocycles. The maximum atomic E-state index is 5.20. The van der Waals surface area contributed by atoms with Crippen molar-refractivity contribution in [3.63, 3.8) is 0 Å². The minimum Gasteiger partial charge on any atom is -0.497 e. The number of benzene rings is 2. The van der Waals surface area contributed by atoms with E-state index in [2.05, 4.69) is 47.6 Å². The van der Waals surface area contributed by atoms with E-state index in [9.17, 15) is 0 Å². The minimum absolute atomic E-state index is 0. The minimum atomic E-state index is 0. The monoisotopic (exact) mass is 318 g/mol. The molecule has 0 bridgehead atoms. The Labute approximate surface area is 138 Å². The van der Waals surface area contributed by atoms with Gasteiger partial charge >= 0.3 is 0 Å². The second kappa shape index (κ2) is 7.52. The fourth-order valence-corrected chi connectivity index (χ4v) is 2.93. The first kappa shape index (κ1) is 16.7. The van der Waals surface area contributed by atoms with Gasteiger partial charge in [0, 0.05) is 25.3 Å². The molecule has 0 fully saturated rings. The molecule has 118 valence electrons. The van der Waals surface area contributed by atoms with Gasteiger partial charge in [-0.3, -0.25) is 4.90 Å². The third kappa shape index (κ3) is 3.73. The van der Waals surface area contributed by atoms with Crippen LogP contribution in [0.15, 0.2) is 42.5 Å². The van der Waals surface area contributed by atoms with Gasteiger partial charge in [0.1, 0.15) is 5.75 Å². The molecule has 0 amide bonds. The van der Waals surface area contributed by atoms with Crippen molar-refractivity contribution in [3.05, 3.63) is 59.2 Å². The van der Waals surface area contributed by atoms with Gasteiger partial charge in [0.25, 0.3) is 0 Å². The summed E-state index contributed by atoms with van der Waals surface area (Å²) in [6, 6.07) is 14.9. The van der Waals surface area contributed by atoms with Crippen molar-refractivity contribution in [2.75, 3.05) is 26.0 Å². The van der Waals surface area contributed by atoms with E-state index in [0.717, 1.165) is 31.8 Å². The highest BCUT2D eigenvalue weighted by Crippen LogP contribution is 2.27. The van der Waals surface area contributed by atoms with Crippen LogP contribution in [0.25, 0.3) is 0 Å². The summed E-state index contributed by atoms with van der Waals surface area (Å²) in [6.07, 6.45) is 1.14. The molecule has 4 heteroatoms. The lowest BCUT2D eigenvalue weighted by molar-refractivity contribution is 0.319. The second-order valence-corrected chi connectivity index (χ2v) is 5.65. The first-order valence-corrected chi connectivity index (χ1v) is 7.42. The van der Waals surface area contributed by atoms with Crippen molar-refractivity contribution in [2.24, 2.45) is 0 Å². The number of halogens is 1. The quantitative estimate of drug-likeness (QED) is 0.909. The second-order valence-electron chi connectivity index (χ2n) is 5.65. The molecule has 1 aliphatic heterocycles. The molecule has 1 heterocycles. The number of ether oxygens (including phenoxy) is 1. The molecule has 2 aromatic rings. The lowest BCUT2D eigenvalue weighted by Gasteiger charge is -2.19. The van der Waals surface area contributed by atoms with Crippen molar-refractivity contribution in [1.29, 1.82) is 0 Å². The summed E-state index contributed by atoms with van der Waals surface area (Å²) in [7, 11) is 3.86. The number of nitrogens with one attached hydrogen (secondary N) is 1. The highest BCUT2D eigenvalue weighted by molar-refractivity contribution is 5.85. The van der Waals surface area contributed by atoms with Crippen molar-refractivity contribution in [2.45, 2.75) is 19.5 Å². The van der Waals surface area contributed by atoms with Crippen molar-refractivity contribution in [1.82, 2.24) is 4.90 Å². The largest absolute Gasteiger partial charge is 0.497 e. The fraction of sp³-hybridized carbons (Fsp3) is 0.333. The summed E-state index contributed by atoms with van der Waals surface area (Å²) in [5, 5.41) is 3.51. The average molecular weight is 319 g/mol. The van der Waals surface area contributed by atoms with Crippen molar-refractivity contribution in [3.8, 4) is 5.75 Å². The van der Waals surface area contributed by atoms with E-state index >= 15 is 0 Å². The summed E-state index contributed by atoms with van der Waals surface area (Å²) in [5.41, 5.74) is 5.49. The van der Waals surface area contributed by atoms with Crippen LogP contribution in [0.1, 0.15) is 16.7 Å². The lowest BCUT2D eigenvalue weighted by Crippen LogP contribution is -2.18. The molecule has 0 atom stereocenters. The van der Waals surface area contributed by atoms with Gasteiger partial charge in [0.05, 0.1) is 7.11 Å². The Morgan fingerprint density at radius 1 is 1.09 bits per heavy atom. The predicted molar refractivity (Wildman–Crippen MR) is 94.0 cm³/mol. The van der Waals surface area contributed by atoms with E-state index in [4.69, 9.17) is 4.74 Å². The van der Waals surface area contributed by atoms with Gasteiger partial charge in [-0.1, -0.05) is 30.3 Å². The highest BCUT2D eigenvalue weighted by atomic mass is 35.5. The Bertz CT molecular complexity index is 613. The van der Waals surface area contributed by atoms with Gasteiger partial charge in [-0.25, -0.2) is 0 Å². The van der Waals surface area contributed by atoms with Crippen LogP contribution in [0.4, 0.5) is 5.69 Å². The zero-order valence-corrected chi connectivity index (χ0v) is 14.0. The number of hydrogen-bond acceptors (Lipinski definition) is 3. The molecular formula is C18H23ClN2O. The normalized spacial score (nSPS) is 12.5. The van der Waals surface area contributed by atoms with E-state index < -0.39 is 0 Å². The summed E-state index contributed by atoms with van der Waals surface area (Å²) in [5.74, 6) is 0.909. The Morgan fingerprint density at radius 3 is 2.59 bits per heavy atom. The Kier molecular flexibility index (Phi) is 5.69. The number of anilines is 1. The highest BCUT2D eigenvalue weighted by Gasteiger charge is 2.14. The van der Waals surface area contributed by atoms with Crippen LogP contribution in [0.5, 0.6) is 5.75 Å². The maximum Gasteiger partial charge on any atom is 0.118 e. The smallest absolute Gasteiger partial charge is 0.118 e. The van der Waals surface area contributed by atoms with Gasteiger partial charge in [0.15, 0.2) is 0 Å². The van der Waals surface area contributed by atoms with Crippen LogP contribution in [0, 0.1) is 0 Å². The summed E-state index contributed by atoms with van der Waals surface area (Å²) in [4.78, 5) is 2.34. The summed E-state index contributed by atoms with van der Waals surface area (Å²) >= 11 is 0. The Hall–Kier alpha value is -1.71. The van der Waals surface area contributed by atoms with Gasteiger partial charge in [0.2, 0.25) is 0 Å². The molecule has 0 aromatic heterocycles.